The highest BCUT2D eigenvalue weighted by molar-refractivity contribution is 5.32. The van der Waals surface area contributed by atoms with Gasteiger partial charge in [0.15, 0.2) is 0 Å². The van der Waals surface area contributed by atoms with Crippen molar-refractivity contribution in [3.8, 4) is 5.75 Å². The van der Waals surface area contributed by atoms with Crippen molar-refractivity contribution < 1.29 is 4.74 Å². The van der Waals surface area contributed by atoms with Crippen LogP contribution in [0.2, 0.25) is 0 Å². The fourth-order valence-corrected chi connectivity index (χ4v) is 1.39. The smallest absolute Gasteiger partial charge is 0.129 e. The lowest BCUT2D eigenvalue weighted by atomic mass is 10.2. The van der Waals surface area contributed by atoms with E-state index in [1.54, 1.807) is 6.26 Å². The van der Waals surface area contributed by atoms with E-state index in [2.05, 4.69) is 26.0 Å². The first-order valence-electron chi connectivity index (χ1n) is 5.72. The van der Waals surface area contributed by atoms with Crippen LogP contribution in [0, 0.1) is 6.92 Å². The van der Waals surface area contributed by atoms with Gasteiger partial charge in [-0.3, -0.25) is 0 Å². The SMILES string of the molecule is CCCCC/C=C/Oc1ccccc1C. The van der Waals surface area contributed by atoms with Crippen molar-refractivity contribution in [2.24, 2.45) is 0 Å². The predicted molar refractivity (Wildman–Crippen MR) is 65.1 cm³/mol. The standard InChI is InChI=1S/C14H20O/c1-3-4-5-6-9-12-15-14-11-8-7-10-13(14)2/h7-12H,3-6H2,1-2H3/b12-9+. The van der Waals surface area contributed by atoms with Gasteiger partial charge in [-0.1, -0.05) is 38.0 Å². The maximum Gasteiger partial charge on any atom is 0.129 e. The number of ether oxygens (including phenoxy) is 1. The van der Waals surface area contributed by atoms with Crippen LogP contribution in [0.4, 0.5) is 0 Å². The molecule has 0 saturated carbocycles. The number of hydrogen-bond donors (Lipinski definition) is 0. The molecule has 0 unspecified atom stereocenters. The highest BCUT2D eigenvalue weighted by atomic mass is 16.5. The number of hydrogen-bond acceptors (Lipinski definition) is 1. The summed E-state index contributed by atoms with van der Waals surface area (Å²) in [4.78, 5) is 0. The second-order valence-electron chi connectivity index (χ2n) is 3.75. The van der Waals surface area contributed by atoms with Gasteiger partial charge in [0.05, 0.1) is 6.26 Å². The molecule has 0 aromatic heterocycles. The van der Waals surface area contributed by atoms with Gasteiger partial charge in [0.2, 0.25) is 0 Å². The first-order chi connectivity index (χ1) is 7.34. The minimum Gasteiger partial charge on any atom is -0.465 e. The van der Waals surface area contributed by atoms with Crippen molar-refractivity contribution in [1.29, 1.82) is 0 Å². The van der Waals surface area contributed by atoms with E-state index in [1.807, 2.05) is 18.2 Å². The van der Waals surface area contributed by atoms with E-state index in [-0.39, 0.29) is 0 Å². The average Bonchev–Trinajstić information content (AvgIpc) is 2.25. The van der Waals surface area contributed by atoms with Gasteiger partial charge in [-0.05, 0) is 37.5 Å². The zero-order valence-corrected chi connectivity index (χ0v) is 9.70. The van der Waals surface area contributed by atoms with E-state index in [1.165, 1.54) is 24.8 Å². The Morgan fingerprint density at radius 2 is 2.00 bits per heavy atom. The van der Waals surface area contributed by atoms with Crippen molar-refractivity contribution in [1.82, 2.24) is 0 Å². The summed E-state index contributed by atoms with van der Waals surface area (Å²) < 4.78 is 5.54. The minimum absolute atomic E-state index is 0.948. The molecule has 82 valence electrons. The molecule has 0 amide bonds. The molecule has 0 heterocycles. The van der Waals surface area contributed by atoms with Crippen LogP contribution >= 0.6 is 0 Å². The van der Waals surface area contributed by atoms with Crippen LogP contribution in [0.25, 0.3) is 0 Å². The molecule has 1 nitrogen and oxygen atoms in total. The van der Waals surface area contributed by atoms with Gasteiger partial charge < -0.3 is 4.74 Å². The lowest BCUT2D eigenvalue weighted by molar-refractivity contribution is 0.474. The Balaban J connectivity index is 2.28. The number of aryl methyl sites for hydroxylation is 1. The Morgan fingerprint density at radius 3 is 2.73 bits per heavy atom. The maximum atomic E-state index is 5.54. The van der Waals surface area contributed by atoms with Crippen LogP contribution in [0.3, 0.4) is 0 Å². The molecule has 0 fully saturated rings. The predicted octanol–water partition coefficient (Wildman–Crippen LogP) is 4.47. The summed E-state index contributed by atoms with van der Waals surface area (Å²) in [7, 11) is 0. The lowest BCUT2D eigenvalue weighted by Gasteiger charge is -2.02. The van der Waals surface area contributed by atoms with Crippen LogP contribution < -0.4 is 4.74 Å². The quantitative estimate of drug-likeness (QED) is 0.491. The van der Waals surface area contributed by atoms with Gasteiger partial charge in [0, 0.05) is 0 Å². The van der Waals surface area contributed by atoms with E-state index in [9.17, 15) is 0 Å². The third-order valence-electron chi connectivity index (χ3n) is 2.36. The van der Waals surface area contributed by atoms with Crippen LogP contribution in [-0.2, 0) is 0 Å². The van der Waals surface area contributed by atoms with Gasteiger partial charge >= 0.3 is 0 Å². The minimum atomic E-state index is 0.948. The van der Waals surface area contributed by atoms with Gasteiger partial charge in [0.25, 0.3) is 0 Å². The lowest BCUT2D eigenvalue weighted by Crippen LogP contribution is -1.85. The third kappa shape index (κ3) is 4.68. The molecule has 0 aliphatic heterocycles. The Hall–Kier alpha value is -1.24. The Morgan fingerprint density at radius 1 is 1.20 bits per heavy atom. The highest BCUT2D eigenvalue weighted by Gasteiger charge is 1.93. The number of para-hydroxylation sites is 1. The number of rotatable bonds is 6. The molecular formula is C14H20O. The number of benzene rings is 1. The van der Waals surface area contributed by atoms with E-state index in [0.717, 1.165) is 12.2 Å². The summed E-state index contributed by atoms with van der Waals surface area (Å²) in [6, 6.07) is 8.06. The molecule has 0 bridgehead atoms. The average molecular weight is 204 g/mol. The van der Waals surface area contributed by atoms with Crippen LogP contribution in [0.1, 0.15) is 38.2 Å². The molecule has 0 saturated heterocycles. The molecule has 0 spiro atoms. The van der Waals surface area contributed by atoms with Gasteiger partial charge in [-0.25, -0.2) is 0 Å². The van der Waals surface area contributed by atoms with E-state index >= 15 is 0 Å². The van der Waals surface area contributed by atoms with Crippen molar-refractivity contribution in [2.45, 2.75) is 39.5 Å². The van der Waals surface area contributed by atoms with Crippen LogP contribution in [-0.4, -0.2) is 0 Å². The van der Waals surface area contributed by atoms with Crippen molar-refractivity contribution >= 4 is 0 Å². The Bertz CT molecular complexity index is 302. The highest BCUT2D eigenvalue weighted by Crippen LogP contribution is 2.16. The summed E-state index contributed by atoms with van der Waals surface area (Å²) in [5, 5.41) is 0. The molecule has 0 N–H and O–H groups in total. The molecule has 1 aromatic carbocycles. The fraction of sp³-hybridized carbons (Fsp3) is 0.429. The summed E-state index contributed by atoms with van der Waals surface area (Å²) in [5.74, 6) is 0.948. The molecule has 1 aromatic rings. The van der Waals surface area contributed by atoms with Gasteiger partial charge in [-0.2, -0.15) is 0 Å². The van der Waals surface area contributed by atoms with E-state index in [0.29, 0.717) is 0 Å². The second-order valence-corrected chi connectivity index (χ2v) is 3.75. The summed E-state index contributed by atoms with van der Waals surface area (Å²) in [6.45, 7) is 4.27. The fourth-order valence-electron chi connectivity index (χ4n) is 1.39. The molecule has 15 heavy (non-hydrogen) atoms. The normalized spacial score (nSPS) is 10.8. The molecule has 1 rings (SSSR count). The Labute approximate surface area is 92.8 Å². The van der Waals surface area contributed by atoms with E-state index < -0.39 is 0 Å². The van der Waals surface area contributed by atoms with Crippen LogP contribution in [0.5, 0.6) is 5.75 Å². The molecule has 1 heteroatoms. The molecule has 0 aliphatic rings. The molecule has 0 radical (unpaired) electrons. The van der Waals surface area contributed by atoms with Gasteiger partial charge in [-0.15, -0.1) is 0 Å². The maximum absolute atomic E-state index is 5.54. The van der Waals surface area contributed by atoms with Crippen LogP contribution in [0.15, 0.2) is 36.6 Å². The number of allylic oxidation sites excluding steroid dienone is 1. The molecule has 0 atom stereocenters. The number of unbranched alkanes of at least 4 members (excludes halogenated alkanes) is 3. The first-order valence-corrected chi connectivity index (χ1v) is 5.72. The summed E-state index contributed by atoms with van der Waals surface area (Å²) in [6.07, 6.45) is 8.84. The monoisotopic (exact) mass is 204 g/mol. The van der Waals surface area contributed by atoms with Gasteiger partial charge in [0.1, 0.15) is 5.75 Å². The van der Waals surface area contributed by atoms with Crippen molar-refractivity contribution in [3.63, 3.8) is 0 Å². The third-order valence-corrected chi connectivity index (χ3v) is 2.36. The van der Waals surface area contributed by atoms with Crippen molar-refractivity contribution in [3.05, 3.63) is 42.2 Å². The zero-order chi connectivity index (χ0) is 10.9. The largest absolute Gasteiger partial charge is 0.465 e. The molecular weight excluding hydrogens is 184 g/mol. The van der Waals surface area contributed by atoms with Crippen molar-refractivity contribution in [2.75, 3.05) is 0 Å². The second kappa shape index (κ2) is 7.10. The summed E-state index contributed by atoms with van der Waals surface area (Å²) >= 11 is 0. The first kappa shape index (κ1) is 11.8. The van der Waals surface area contributed by atoms with E-state index in [4.69, 9.17) is 4.74 Å². The molecule has 0 aliphatic carbocycles. The zero-order valence-electron chi connectivity index (χ0n) is 9.70. The topological polar surface area (TPSA) is 9.23 Å². The Kier molecular flexibility index (Phi) is 5.60. The summed E-state index contributed by atoms with van der Waals surface area (Å²) in [5.41, 5.74) is 1.18.